The highest BCUT2D eigenvalue weighted by Crippen LogP contribution is 2.24. The Labute approximate surface area is 192 Å². The van der Waals surface area contributed by atoms with E-state index < -0.39 is 21.7 Å². The van der Waals surface area contributed by atoms with Crippen molar-refractivity contribution in [1.82, 2.24) is 5.32 Å². The minimum Gasteiger partial charge on any atom is -0.354 e. The summed E-state index contributed by atoms with van der Waals surface area (Å²) in [6.07, 6.45) is 0. The summed E-state index contributed by atoms with van der Waals surface area (Å²) in [5.74, 6) is 0.606. The number of carbonyl (C=O) groups excluding carboxylic acids is 1. The van der Waals surface area contributed by atoms with Gasteiger partial charge in [-0.25, -0.2) is 12.8 Å². The molecular formula is C24H25FN2O3S2. The smallest absolute Gasteiger partial charge is 0.264 e. The van der Waals surface area contributed by atoms with Crippen LogP contribution in [0.5, 0.6) is 0 Å². The highest BCUT2D eigenvalue weighted by atomic mass is 32.2. The molecule has 0 aliphatic rings. The van der Waals surface area contributed by atoms with Crippen molar-refractivity contribution in [3.63, 3.8) is 0 Å². The largest absolute Gasteiger partial charge is 0.354 e. The van der Waals surface area contributed by atoms with Gasteiger partial charge in [-0.1, -0.05) is 48.0 Å². The van der Waals surface area contributed by atoms with Crippen molar-refractivity contribution in [3.8, 4) is 0 Å². The Hall–Kier alpha value is -2.84. The second-order valence-corrected chi connectivity index (χ2v) is 10.2. The molecule has 0 atom stereocenters. The van der Waals surface area contributed by atoms with Crippen molar-refractivity contribution in [3.05, 3.63) is 95.8 Å². The molecule has 0 spiro atoms. The van der Waals surface area contributed by atoms with E-state index in [4.69, 9.17) is 0 Å². The van der Waals surface area contributed by atoms with E-state index >= 15 is 0 Å². The number of benzene rings is 3. The average molecular weight is 473 g/mol. The number of nitrogens with zero attached hydrogens (tertiary/aromatic N) is 1. The standard InChI is InChI=1S/C24H25FN2O3S2/c1-19-7-11-22(12-8-19)27(32(29,30)23-13-9-21(25)10-14-23)17-24(28)26-15-16-31-18-20-5-3-2-4-6-20/h2-14H,15-18H2,1H3,(H,26,28). The molecule has 32 heavy (non-hydrogen) atoms. The molecule has 0 unspecified atom stereocenters. The molecule has 0 fully saturated rings. The van der Waals surface area contributed by atoms with E-state index in [0.717, 1.165) is 27.8 Å². The molecule has 0 bridgehead atoms. The molecule has 3 aromatic carbocycles. The van der Waals surface area contributed by atoms with Crippen LogP contribution in [0.1, 0.15) is 11.1 Å². The molecule has 3 rings (SSSR count). The number of amides is 1. The fraction of sp³-hybridized carbons (Fsp3) is 0.208. The van der Waals surface area contributed by atoms with Gasteiger partial charge in [0.2, 0.25) is 5.91 Å². The van der Waals surface area contributed by atoms with Gasteiger partial charge in [-0.2, -0.15) is 11.8 Å². The number of nitrogens with one attached hydrogen (secondary N) is 1. The molecule has 0 radical (unpaired) electrons. The minimum atomic E-state index is -4.05. The topological polar surface area (TPSA) is 66.5 Å². The second kappa shape index (κ2) is 11.2. The second-order valence-electron chi connectivity index (χ2n) is 7.19. The summed E-state index contributed by atoms with van der Waals surface area (Å²) in [6, 6.07) is 21.5. The molecule has 1 N–H and O–H groups in total. The highest BCUT2D eigenvalue weighted by Gasteiger charge is 2.27. The van der Waals surface area contributed by atoms with Gasteiger partial charge in [-0.15, -0.1) is 0 Å². The van der Waals surface area contributed by atoms with Crippen molar-refractivity contribution >= 4 is 33.4 Å². The number of hydrogen-bond donors (Lipinski definition) is 1. The zero-order valence-corrected chi connectivity index (χ0v) is 19.3. The monoisotopic (exact) mass is 472 g/mol. The number of rotatable bonds is 10. The number of anilines is 1. The number of hydrogen-bond acceptors (Lipinski definition) is 4. The van der Waals surface area contributed by atoms with Crippen LogP contribution in [0.3, 0.4) is 0 Å². The summed E-state index contributed by atoms with van der Waals surface area (Å²) in [4.78, 5) is 12.5. The van der Waals surface area contributed by atoms with Crippen LogP contribution in [-0.4, -0.2) is 33.2 Å². The Bertz CT molecular complexity index is 1120. The first-order valence-corrected chi connectivity index (χ1v) is 12.7. The maximum Gasteiger partial charge on any atom is 0.264 e. The Morgan fingerprint density at radius 1 is 0.969 bits per heavy atom. The van der Waals surface area contributed by atoms with Gasteiger partial charge in [0.25, 0.3) is 10.0 Å². The molecule has 0 aromatic heterocycles. The maximum atomic E-state index is 13.3. The van der Waals surface area contributed by atoms with Gasteiger partial charge in [0, 0.05) is 18.1 Å². The van der Waals surface area contributed by atoms with Gasteiger partial charge in [-0.3, -0.25) is 9.10 Å². The van der Waals surface area contributed by atoms with E-state index in [2.05, 4.69) is 5.32 Å². The summed E-state index contributed by atoms with van der Waals surface area (Å²) >= 11 is 1.69. The Kier molecular flexibility index (Phi) is 8.30. The summed E-state index contributed by atoms with van der Waals surface area (Å²) in [7, 11) is -4.05. The van der Waals surface area contributed by atoms with Gasteiger partial charge in [0.15, 0.2) is 0 Å². The van der Waals surface area contributed by atoms with Crippen LogP contribution in [-0.2, 0) is 20.6 Å². The molecule has 0 saturated carbocycles. The summed E-state index contributed by atoms with van der Waals surface area (Å²) < 4.78 is 40.8. The number of aryl methyl sites for hydroxylation is 1. The van der Waals surface area contributed by atoms with Crippen molar-refractivity contribution < 1.29 is 17.6 Å². The van der Waals surface area contributed by atoms with Crippen LogP contribution in [0.25, 0.3) is 0 Å². The van der Waals surface area contributed by atoms with E-state index in [0.29, 0.717) is 18.0 Å². The van der Waals surface area contributed by atoms with Gasteiger partial charge < -0.3 is 5.32 Å². The lowest BCUT2D eigenvalue weighted by Gasteiger charge is -2.24. The first-order chi connectivity index (χ1) is 15.4. The van der Waals surface area contributed by atoms with E-state index in [1.165, 1.54) is 17.7 Å². The summed E-state index contributed by atoms with van der Waals surface area (Å²) in [6.45, 7) is 1.95. The normalized spacial score (nSPS) is 11.2. The van der Waals surface area contributed by atoms with Crippen molar-refractivity contribution in [2.75, 3.05) is 23.1 Å². The van der Waals surface area contributed by atoms with Gasteiger partial charge in [0.1, 0.15) is 12.4 Å². The molecule has 0 saturated heterocycles. The fourth-order valence-corrected chi connectivity index (χ4v) is 5.21. The third-order valence-corrected chi connectivity index (χ3v) is 7.51. The third kappa shape index (κ3) is 6.58. The van der Waals surface area contributed by atoms with E-state index in [1.807, 2.05) is 37.3 Å². The van der Waals surface area contributed by atoms with Gasteiger partial charge in [-0.05, 0) is 48.9 Å². The van der Waals surface area contributed by atoms with Crippen molar-refractivity contribution in [2.24, 2.45) is 0 Å². The Balaban J connectivity index is 1.65. The van der Waals surface area contributed by atoms with Crippen LogP contribution in [0.2, 0.25) is 0 Å². The van der Waals surface area contributed by atoms with E-state index in [1.54, 1.807) is 36.0 Å². The van der Waals surface area contributed by atoms with Crippen LogP contribution in [0.15, 0.2) is 83.8 Å². The molecule has 1 amide bonds. The summed E-state index contributed by atoms with van der Waals surface area (Å²) in [5.41, 5.74) is 2.54. The lowest BCUT2D eigenvalue weighted by molar-refractivity contribution is -0.119. The molecule has 168 valence electrons. The van der Waals surface area contributed by atoms with Gasteiger partial charge in [0.05, 0.1) is 10.6 Å². The third-order valence-electron chi connectivity index (χ3n) is 4.69. The zero-order valence-electron chi connectivity index (χ0n) is 17.7. The number of carbonyl (C=O) groups is 1. The fourth-order valence-electron chi connectivity index (χ4n) is 2.97. The van der Waals surface area contributed by atoms with Crippen LogP contribution in [0.4, 0.5) is 10.1 Å². The molecule has 0 aliphatic heterocycles. The first kappa shape index (κ1) is 23.8. The van der Waals surface area contributed by atoms with Crippen molar-refractivity contribution in [1.29, 1.82) is 0 Å². The van der Waals surface area contributed by atoms with Crippen LogP contribution in [0, 0.1) is 12.7 Å². The molecule has 5 nitrogen and oxygen atoms in total. The van der Waals surface area contributed by atoms with Crippen molar-refractivity contribution in [2.45, 2.75) is 17.6 Å². The van der Waals surface area contributed by atoms with Gasteiger partial charge >= 0.3 is 0 Å². The Morgan fingerprint density at radius 3 is 2.28 bits per heavy atom. The average Bonchev–Trinajstić information content (AvgIpc) is 2.79. The lowest BCUT2D eigenvalue weighted by atomic mass is 10.2. The minimum absolute atomic E-state index is 0.0781. The zero-order chi connectivity index (χ0) is 23.0. The van der Waals surface area contributed by atoms with E-state index in [-0.39, 0.29) is 11.4 Å². The quantitative estimate of drug-likeness (QED) is 0.445. The SMILES string of the molecule is Cc1ccc(N(CC(=O)NCCSCc2ccccc2)S(=O)(=O)c2ccc(F)cc2)cc1. The van der Waals surface area contributed by atoms with Crippen LogP contribution < -0.4 is 9.62 Å². The molecule has 8 heteroatoms. The number of sulfonamides is 1. The molecular weight excluding hydrogens is 447 g/mol. The maximum absolute atomic E-state index is 13.3. The lowest BCUT2D eigenvalue weighted by Crippen LogP contribution is -2.41. The highest BCUT2D eigenvalue weighted by molar-refractivity contribution is 7.98. The first-order valence-electron chi connectivity index (χ1n) is 10.1. The van der Waals surface area contributed by atoms with E-state index in [9.17, 15) is 17.6 Å². The predicted octanol–water partition coefficient (Wildman–Crippen LogP) is 4.38. The Morgan fingerprint density at radius 2 is 1.62 bits per heavy atom. The molecule has 0 heterocycles. The number of halogens is 1. The van der Waals surface area contributed by atoms with Crippen LogP contribution >= 0.6 is 11.8 Å². The predicted molar refractivity (Wildman–Crippen MR) is 128 cm³/mol. The molecule has 0 aliphatic carbocycles. The number of thioether (sulfide) groups is 1. The molecule has 3 aromatic rings. The summed E-state index contributed by atoms with van der Waals surface area (Å²) in [5, 5.41) is 2.79.